The minimum absolute atomic E-state index is 0.467. The summed E-state index contributed by atoms with van der Waals surface area (Å²) < 4.78 is 1.90. The van der Waals surface area contributed by atoms with Gasteiger partial charge < -0.3 is 5.73 Å². The van der Waals surface area contributed by atoms with Crippen LogP contribution in [0.5, 0.6) is 0 Å². The Labute approximate surface area is 115 Å². The summed E-state index contributed by atoms with van der Waals surface area (Å²) in [6.07, 6.45) is 3.88. The molecule has 2 heterocycles. The van der Waals surface area contributed by atoms with Gasteiger partial charge in [0.25, 0.3) is 0 Å². The highest BCUT2D eigenvalue weighted by molar-refractivity contribution is 7.98. The Balaban J connectivity index is 2.33. The number of thioether (sulfide) groups is 1. The van der Waals surface area contributed by atoms with Crippen LogP contribution in [0.4, 0.5) is 5.95 Å². The average molecular weight is 270 g/mol. The summed E-state index contributed by atoms with van der Waals surface area (Å²) in [6.45, 7) is 2.00. The Morgan fingerprint density at radius 1 is 1.26 bits per heavy atom. The molecule has 3 aromatic rings. The molecule has 1 aromatic carbocycles. The molecule has 5 heteroatoms. The quantitative estimate of drug-likeness (QED) is 0.727. The van der Waals surface area contributed by atoms with E-state index in [2.05, 4.69) is 16.0 Å². The van der Waals surface area contributed by atoms with Gasteiger partial charge in [-0.25, -0.2) is 9.97 Å². The molecule has 0 saturated carbocycles. The van der Waals surface area contributed by atoms with Crippen LogP contribution in [0.15, 0.2) is 41.4 Å². The van der Waals surface area contributed by atoms with Crippen LogP contribution in [0.2, 0.25) is 0 Å². The summed E-state index contributed by atoms with van der Waals surface area (Å²) in [5.41, 5.74) is 9.78. The Hall–Kier alpha value is -2.01. The Kier molecular flexibility index (Phi) is 2.91. The van der Waals surface area contributed by atoms with Crippen LogP contribution in [0.1, 0.15) is 5.56 Å². The second-order valence-corrected chi connectivity index (χ2v) is 5.18. The highest BCUT2D eigenvalue weighted by Gasteiger charge is 2.13. The number of nitrogen functional groups attached to an aromatic ring is 1. The maximum Gasteiger partial charge on any atom is 0.207 e. The molecule has 0 aliphatic rings. The fraction of sp³-hybridized carbons (Fsp3) is 0.143. The van der Waals surface area contributed by atoms with E-state index in [4.69, 9.17) is 5.73 Å². The Morgan fingerprint density at radius 3 is 2.84 bits per heavy atom. The SMILES string of the molecule is CSc1ccccc1-n1c(N)nc2cc(C)cnc21. The van der Waals surface area contributed by atoms with E-state index in [9.17, 15) is 0 Å². The second kappa shape index (κ2) is 4.59. The van der Waals surface area contributed by atoms with E-state index in [1.807, 2.05) is 48.2 Å². The van der Waals surface area contributed by atoms with E-state index in [0.717, 1.165) is 27.3 Å². The van der Waals surface area contributed by atoms with Crippen molar-refractivity contribution in [3.05, 3.63) is 42.1 Å². The lowest BCUT2D eigenvalue weighted by atomic mass is 10.3. The molecule has 19 heavy (non-hydrogen) atoms. The van der Waals surface area contributed by atoms with Gasteiger partial charge in [-0.05, 0) is 36.9 Å². The van der Waals surface area contributed by atoms with E-state index in [1.54, 1.807) is 11.8 Å². The number of anilines is 1. The van der Waals surface area contributed by atoms with Crippen LogP contribution in [0.25, 0.3) is 16.9 Å². The predicted molar refractivity (Wildman–Crippen MR) is 79.8 cm³/mol. The highest BCUT2D eigenvalue weighted by atomic mass is 32.2. The summed E-state index contributed by atoms with van der Waals surface area (Å²) >= 11 is 1.68. The van der Waals surface area contributed by atoms with Crippen molar-refractivity contribution in [2.45, 2.75) is 11.8 Å². The molecule has 0 amide bonds. The van der Waals surface area contributed by atoms with Gasteiger partial charge in [0.15, 0.2) is 5.65 Å². The number of aromatic nitrogens is 3. The molecule has 0 aliphatic carbocycles. The van der Waals surface area contributed by atoms with E-state index in [0.29, 0.717) is 5.95 Å². The number of aryl methyl sites for hydroxylation is 1. The number of hydrogen-bond acceptors (Lipinski definition) is 4. The first-order valence-corrected chi connectivity index (χ1v) is 7.17. The number of imidazole rings is 1. The van der Waals surface area contributed by atoms with Gasteiger partial charge in [-0.15, -0.1) is 11.8 Å². The molecule has 0 saturated heterocycles. The zero-order valence-electron chi connectivity index (χ0n) is 10.8. The predicted octanol–water partition coefficient (Wildman–Crippen LogP) is 3.03. The van der Waals surface area contributed by atoms with Crippen LogP contribution in [-0.2, 0) is 0 Å². The molecular weight excluding hydrogens is 256 g/mol. The smallest absolute Gasteiger partial charge is 0.207 e. The lowest BCUT2D eigenvalue weighted by Crippen LogP contribution is -2.02. The van der Waals surface area contributed by atoms with E-state index in [-0.39, 0.29) is 0 Å². The van der Waals surface area contributed by atoms with Gasteiger partial charge in [0, 0.05) is 11.1 Å². The van der Waals surface area contributed by atoms with Crippen molar-refractivity contribution in [2.24, 2.45) is 0 Å². The topological polar surface area (TPSA) is 56.7 Å². The fourth-order valence-electron chi connectivity index (χ4n) is 2.14. The number of nitrogens with two attached hydrogens (primary N) is 1. The number of fused-ring (bicyclic) bond motifs is 1. The minimum Gasteiger partial charge on any atom is -0.369 e. The monoisotopic (exact) mass is 270 g/mol. The molecule has 0 bridgehead atoms. The van der Waals surface area contributed by atoms with Crippen molar-refractivity contribution in [2.75, 3.05) is 12.0 Å². The van der Waals surface area contributed by atoms with Crippen LogP contribution >= 0.6 is 11.8 Å². The van der Waals surface area contributed by atoms with Gasteiger partial charge in [0.05, 0.1) is 5.69 Å². The van der Waals surface area contributed by atoms with Crippen molar-refractivity contribution in [1.82, 2.24) is 14.5 Å². The fourth-order valence-corrected chi connectivity index (χ4v) is 2.72. The molecule has 96 valence electrons. The lowest BCUT2D eigenvalue weighted by molar-refractivity contribution is 1.05. The van der Waals surface area contributed by atoms with Gasteiger partial charge in [0.2, 0.25) is 5.95 Å². The van der Waals surface area contributed by atoms with E-state index in [1.165, 1.54) is 0 Å². The van der Waals surface area contributed by atoms with Crippen molar-refractivity contribution < 1.29 is 0 Å². The van der Waals surface area contributed by atoms with Crippen molar-refractivity contribution in [1.29, 1.82) is 0 Å². The first kappa shape index (κ1) is 12.0. The highest BCUT2D eigenvalue weighted by Crippen LogP contribution is 2.28. The van der Waals surface area contributed by atoms with Gasteiger partial charge in [-0.3, -0.25) is 4.57 Å². The van der Waals surface area contributed by atoms with Crippen molar-refractivity contribution in [3.63, 3.8) is 0 Å². The normalized spacial score (nSPS) is 11.1. The summed E-state index contributed by atoms with van der Waals surface area (Å²) in [5, 5.41) is 0. The van der Waals surface area contributed by atoms with Gasteiger partial charge in [-0.2, -0.15) is 0 Å². The van der Waals surface area contributed by atoms with Gasteiger partial charge in [0.1, 0.15) is 5.52 Å². The molecule has 2 aromatic heterocycles. The zero-order chi connectivity index (χ0) is 13.4. The molecule has 2 N–H and O–H groups in total. The third-order valence-corrected chi connectivity index (χ3v) is 3.77. The number of nitrogens with zero attached hydrogens (tertiary/aromatic N) is 3. The van der Waals surface area contributed by atoms with Crippen molar-refractivity contribution in [3.8, 4) is 5.69 Å². The number of pyridine rings is 1. The molecule has 4 nitrogen and oxygen atoms in total. The average Bonchev–Trinajstić information content (AvgIpc) is 2.73. The van der Waals surface area contributed by atoms with Gasteiger partial charge in [-0.1, -0.05) is 12.1 Å². The third kappa shape index (κ3) is 1.96. The molecule has 0 aliphatic heterocycles. The summed E-state index contributed by atoms with van der Waals surface area (Å²) in [7, 11) is 0. The molecule has 0 unspecified atom stereocenters. The number of benzene rings is 1. The maximum atomic E-state index is 6.06. The first-order valence-electron chi connectivity index (χ1n) is 5.94. The zero-order valence-corrected chi connectivity index (χ0v) is 11.6. The molecule has 0 fully saturated rings. The van der Waals surface area contributed by atoms with Crippen LogP contribution < -0.4 is 5.73 Å². The number of para-hydroxylation sites is 1. The maximum absolute atomic E-state index is 6.06. The molecular formula is C14H14N4S. The summed E-state index contributed by atoms with van der Waals surface area (Å²) in [4.78, 5) is 10.0. The minimum atomic E-state index is 0.467. The molecule has 0 atom stereocenters. The lowest BCUT2D eigenvalue weighted by Gasteiger charge is -2.10. The molecule has 0 spiro atoms. The number of hydrogen-bond donors (Lipinski definition) is 1. The van der Waals surface area contributed by atoms with Crippen LogP contribution in [0.3, 0.4) is 0 Å². The molecule has 0 radical (unpaired) electrons. The molecule has 3 rings (SSSR count). The Bertz CT molecular complexity index is 748. The standard InChI is InChI=1S/C14H14N4S/c1-9-7-10-13(16-8-9)18(14(15)17-10)11-5-3-4-6-12(11)19-2/h3-8H,1-2H3,(H2,15,17). The van der Waals surface area contributed by atoms with E-state index < -0.39 is 0 Å². The van der Waals surface area contributed by atoms with Gasteiger partial charge >= 0.3 is 0 Å². The first-order chi connectivity index (χ1) is 9.20. The number of rotatable bonds is 2. The third-order valence-electron chi connectivity index (χ3n) is 2.99. The summed E-state index contributed by atoms with van der Waals surface area (Å²) in [6, 6.07) is 10.1. The van der Waals surface area contributed by atoms with Crippen LogP contribution in [-0.4, -0.2) is 20.8 Å². The van der Waals surface area contributed by atoms with E-state index >= 15 is 0 Å². The van der Waals surface area contributed by atoms with Crippen LogP contribution in [0, 0.1) is 6.92 Å². The Morgan fingerprint density at radius 2 is 2.05 bits per heavy atom. The summed E-state index contributed by atoms with van der Waals surface area (Å²) in [5.74, 6) is 0.467. The largest absolute Gasteiger partial charge is 0.369 e. The second-order valence-electron chi connectivity index (χ2n) is 4.33. The van der Waals surface area contributed by atoms with Crippen molar-refractivity contribution >= 4 is 28.9 Å².